The van der Waals surface area contributed by atoms with Gasteiger partial charge in [-0.15, -0.1) is 12.4 Å². The molecule has 0 saturated carbocycles. The molecule has 0 spiro atoms. The van der Waals surface area contributed by atoms with Crippen LogP contribution >= 0.6 is 12.4 Å². The number of nitro groups is 1. The molecule has 2 aromatic carbocycles. The Balaban J connectivity index is 0.00000312. The molecule has 0 aliphatic rings. The van der Waals surface area contributed by atoms with E-state index < -0.39 is 4.92 Å². The van der Waals surface area contributed by atoms with Crippen LogP contribution in [-0.2, 0) is 6.42 Å². The highest BCUT2D eigenvalue weighted by Gasteiger charge is 2.08. The number of nitro benzene ring substituents is 1. The van der Waals surface area contributed by atoms with Crippen LogP contribution in [0, 0.1) is 17.0 Å². The van der Waals surface area contributed by atoms with Crippen LogP contribution in [0.4, 0.5) is 11.4 Å². The van der Waals surface area contributed by atoms with E-state index in [1.54, 1.807) is 24.3 Å². The zero-order valence-corrected chi connectivity index (χ0v) is 14.8. The number of carbonyl (C=O) groups is 1. The zero-order valence-electron chi connectivity index (χ0n) is 14.0. The van der Waals surface area contributed by atoms with Gasteiger partial charge in [0.05, 0.1) is 4.92 Å². The minimum absolute atomic E-state index is 0. The Morgan fingerprint density at radius 2 is 1.84 bits per heavy atom. The largest absolute Gasteiger partial charge is 0.399 e. The average molecular weight is 364 g/mol. The van der Waals surface area contributed by atoms with Gasteiger partial charge >= 0.3 is 0 Å². The van der Waals surface area contributed by atoms with Crippen LogP contribution in [0.1, 0.15) is 34.3 Å². The number of amides is 1. The number of rotatable bonds is 7. The Hall–Kier alpha value is -2.60. The van der Waals surface area contributed by atoms with E-state index >= 15 is 0 Å². The summed E-state index contributed by atoms with van der Waals surface area (Å²) in [6.07, 6.45) is 2.56. The Morgan fingerprint density at radius 1 is 1.16 bits per heavy atom. The summed E-state index contributed by atoms with van der Waals surface area (Å²) in [5.74, 6) is -0.116. The summed E-state index contributed by atoms with van der Waals surface area (Å²) >= 11 is 0. The maximum absolute atomic E-state index is 12.1. The normalized spacial score (nSPS) is 9.96. The van der Waals surface area contributed by atoms with E-state index in [-0.39, 0.29) is 24.0 Å². The third kappa shape index (κ3) is 6.08. The Morgan fingerprint density at radius 3 is 2.48 bits per heavy atom. The zero-order chi connectivity index (χ0) is 17.5. The van der Waals surface area contributed by atoms with E-state index in [2.05, 4.69) is 5.32 Å². The molecule has 0 unspecified atom stereocenters. The molecule has 0 aliphatic carbocycles. The Bertz CT molecular complexity index is 733. The van der Waals surface area contributed by atoms with Gasteiger partial charge in [-0.3, -0.25) is 14.9 Å². The van der Waals surface area contributed by atoms with Gasteiger partial charge in [0.25, 0.3) is 11.6 Å². The quantitative estimate of drug-likeness (QED) is 0.339. The summed E-state index contributed by atoms with van der Waals surface area (Å²) in [6.45, 7) is 2.46. The second-order valence-corrected chi connectivity index (χ2v) is 5.71. The number of unbranched alkanes of at least 4 members (excludes halogenated alkanes) is 1. The number of hydrogen-bond acceptors (Lipinski definition) is 4. The number of nitrogens with zero attached hydrogens (tertiary/aromatic N) is 1. The molecule has 134 valence electrons. The van der Waals surface area contributed by atoms with E-state index in [1.165, 1.54) is 12.1 Å². The van der Waals surface area contributed by atoms with Gasteiger partial charge in [0, 0.05) is 29.9 Å². The van der Waals surface area contributed by atoms with Crippen molar-refractivity contribution in [1.82, 2.24) is 5.32 Å². The SMILES string of the molecule is Cc1ccc(N)cc1C(=O)NCCCCc1ccc([N+](=O)[O-])cc1.Cl. The van der Waals surface area contributed by atoms with Crippen molar-refractivity contribution in [1.29, 1.82) is 0 Å². The predicted octanol–water partition coefficient (Wildman–Crippen LogP) is 3.66. The number of nitrogen functional groups attached to an aromatic ring is 1. The van der Waals surface area contributed by atoms with Gasteiger partial charge in [-0.05, 0) is 49.4 Å². The molecule has 0 heterocycles. The fraction of sp³-hybridized carbons (Fsp3) is 0.278. The van der Waals surface area contributed by atoms with Gasteiger partial charge in [-0.2, -0.15) is 0 Å². The molecule has 0 aliphatic heterocycles. The second-order valence-electron chi connectivity index (χ2n) is 5.71. The molecule has 25 heavy (non-hydrogen) atoms. The first kappa shape index (κ1) is 20.4. The number of non-ortho nitro benzene ring substituents is 1. The maximum atomic E-state index is 12.1. The highest BCUT2D eigenvalue weighted by molar-refractivity contribution is 5.96. The molecular formula is C18H22ClN3O3. The monoisotopic (exact) mass is 363 g/mol. The van der Waals surface area contributed by atoms with Gasteiger partial charge in [0.2, 0.25) is 0 Å². The van der Waals surface area contributed by atoms with Gasteiger partial charge in [-0.25, -0.2) is 0 Å². The number of benzene rings is 2. The molecular weight excluding hydrogens is 342 g/mol. The lowest BCUT2D eigenvalue weighted by atomic mass is 10.1. The molecule has 0 bridgehead atoms. The number of anilines is 1. The lowest BCUT2D eigenvalue weighted by molar-refractivity contribution is -0.384. The highest BCUT2D eigenvalue weighted by atomic mass is 35.5. The first-order chi connectivity index (χ1) is 11.5. The van der Waals surface area contributed by atoms with E-state index in [1.807, 2.05) is 13.0 Å². The van der Waals surface area contributed by atoms with Crippen molar-refractivity contribution in [2.24, 2.45) is 0 Å². The summed E-state index contributed by atoms with van der Waals surface area (Å²) in [4.78, 5) is 22.3. The van der Waals surface area contributed by atoms with E-state index in [0.29, 0.717) is 17.8 Å². The molecule has 0 atom stereocenters. The van der Waals surface area contributed by atoms with Gasteiger partial charge < -0.3 is 11.1 Å². The minimum atomic E-state index is -0.405. The number of nitrogens with two attached hydrogens (primary N) is 1. The molecule has 6 nitrogen and oxygen atoms in total. The second kappa shape index (κ2) is 9.64. The predicted molar refractivity (Wildman–Crippen MR) is 101 cm³/mol. The highest BCUT2D eigenvalue weighted by Crippen LogP contribution is 2.14. The van der Waals surface area contributed by atoms with E-state index in [4.69, 9.17) is 5.73 Å². The number of nitrogens with one attached hydrogen (secondary N) is 1. The van der Waals surface area contributed by atoms with Crippen LogP contribution in [0.3, 0.4) is 0 Å². The van der Waals surface area contributed by atoms with E-state index in [9.17, 15) is 14.9 Å². The van der Waals surface area contributed by atoms with Crippen molar-refractivity contribution < 1.29 is 9.72 Å². The van der Waals surface area contributed by atoms with Crippen LogP contribution in [0.2, 0.25) is 0 Å². The molecule has 0 radical (unpaired) electrons. The van der Waals surface area contributed by atoms with Crippen LogP contribution in [0.5, 0.6) is 0 Å². The molecule has 0 fully saturated rings. The minimum Gasteiger partial charge on any atom is -0.399 e. The molecule has 0 saturated heterocycles. The molecule has 2 aromatic rings. The molecule has 7 heteroatoms. The summed E-state index contributed by atoms with van der Waals surface area (Å²) in [7, 11) is 0. The molecule has 1 amide bonds. The topological polar surface area (TPSA) is 98.3 Å². The van der Waals surface area contributed by atoms with Crippen molar-refractivity contribution in [2.75, 3.05) is 12.3 Å². The Kier molecular flexibility index (Phi) is 7.88. The first-order valence-electron chi connectivity index (χ1n) is 7.85. The molecule has 0 aromatic heterocycles. The van der Waals surface area contributed by atoms with E-state index in [0.717, 1.165) is 30.4 Å². The van der Waals surface area contributed by atoms with Crippen LogP contribution in [0.15, 0.2) is 42.5 Å². The Labute approximate surface area is 153 Å². The maximum Gasteiger partial charge on any atom is 0.269 e. The number of aryl methyl sites for hydroxylation is 2. The van der Waals surface area contributed by atoms with Gasteiger partial charge in [-0.1, -0.05) is 18.2 Å². The van der Waals surface area contributed by atoms with Gasteiger partial charge in [0.1, 0.15) is 0 Å². The summed E-state index contributed by atoms with van der Waals surface area (Å²) in [6, 6.07) is 11.9. The molecule has 3 N–H and O–H groups in total. The number of hydrogen-bond donors (Lipinski definition) is 2. The van der Waals surface area contributed by atoms with Crippen molar-refractivity contribution in [3.8, 4) is 0 Å². The van der Waals surface area contributed by atoms with Crippen molar-refractivity contribution >= 4 is 29.7 Å². The third-order valence-corrected chi connectivity index (χ3v) is 3.83. The summed E-state index contributed by atoms with van der Waals surface area (Å²) in [5.41, 5.74) is 8.94. The molecule has 2 rings (SSSR count). The standard InChI is InChI=1S/C18H21N3O3.ClH/c1-13-5-8-15(19)12-17(13)18(22)20-11-3-2-4-14-6-9-16(10-7-14)21(23)24;/h5-10,12H,2-4,11,19H2,1H3,(H,20,22);1H. The van der Waals surface area contributed by atoms with Gasteiger partial charge in [0.15, 0.2) is 0 Å². The third-order valence-electron chi connectivity index (χ3n) is 3.83. The fourth-order valence-corrected chi connectivity index (χ4v) is 2.42. The van der Waals surface area contributed by atoms with Crippen molar-refractivity contribution in [3.63, 3.8) is 0 Å². The van der Waals surface area contributed by atoms with Crippen LogP contribution in [-0.4, -0.2) is 17.4 Å². The van der Waals surface area contributed by atoms with Crippen molar-refractivity contribution in [2.45, 2.75) is 26.2 Å². The lowest BCUT2D eigenvalue weighted by Gasteiger charge is -2.08. The smallest absolute Gasteiger partial charge is 0.269 e. The number of carbonyl (C=O) groups excluding carboxylic acids is 1. The summed E-state index contributed by atoms with van der Waals surface area (Å²) < 4.78 is 0. The summed E-state index contributed by atoms with van der Waals surface area (Å²) in [5, 5.41) is 13.5. The number of halogens is 1. The lowest BCUT2D eigenvalue weighted by Crippen LogP contribution is -2.25. The average Bonchev–Trinajstić information content (AvgIpc) is 2.57. The fourth-order valence-electron chi connectivity index (χ4n) is 2.42. The van der Waals surface area contributed by atoms with Crippen LogP contribution in [0.25, 0.3) is 0 Å². The first-order valence-corrected chi connectivity index (χ1v) is 7.85. The van der Waals surface area contributed by atoms with Crippen molar-refractivity contribution in [3.05, 3.63) is 69.3 Å². The van der Waals surface area contributed by atoms with Crippen LogP contribution < -0.4 is 11.1 Å².